The van der Waals surface area contributed by atoms with Gasteiger partial charge in [-0.2, -0.15) is 0 Å². The van der Waals surface area contributed by atoms with Gasteiger partial charge in [0.15, 0.2) is 0 Å². The Morgan fingerprint density at radius 3 is 2.42 bits per heavy atom. The highest BCUT2D eigenvalue weighted by atomic mass is 16.5. The first-order valence-corrected chi connectivity index (χ1v) is 4.73. The van der Waals surface area contributed by atoms with E-state index in [1.165, 1.54) is 0 Å². The van der Waals surface area contributed by atoms with E-state index in [-0.39, 0.29) is 5.60 Å². The van der Waals surface area contributed by atoms with Crippen LogP contribution in [0, 0.1) is 0 Å². The van der Waals surface area contributed by atoms with Crippen molar-refractivity contribution < 1.29 is 14.9 Å². The summed E-state index contributed by atoms with van der Waals surface area (Å²) in [4.78, 5) is 0. The standard InChI is InChI=1S/C9H16O3/c10-7-5-8(11)9(12-6-7)3-1-2-4-9/h7-8,10-11H,1-6H2. The van der Waals surface area contributed by atoms with Crippen LogP contribution in [-0.4, -0.2) is 34.6 Å². The van der Waals surface area contributed by atoms with Crippen LogP contribution in [-0.2, 0) is 4.74 Å². The van der Waals surface area contributed by atoms with Crippen LogP contribution in [0.4, 0.5) is 0 Å². The largest absolute Gasteiger partial charge is 0.391 e. The Morgan fingerprint density at radius 2 is 1.83 bits per heavy atom. The summed E-state index contributed by atoms with van der Waals surface area (Å²) in [6.07, 6.45) is 3.78. The lowest BCUT2D eigenvalue weighted by Crippen LogP contribution is -2.50. The van der Waals surface area contributed by atoms with Crippen LogP contribution in [0.2, 0.25) is 0 Å². The maximum Gasteiger partial charge on any atom is 0.0942 e. The van der Waals surface area contributed by atoms with E-state index >= 15 is 0 Å². The number of aliphatic hydroxyl groups is 2. The van der Waals surface area contributed by atoms with Crippen molar-refractivity contribution in [3.05, 3.63) is 0 Å². The highest BCUT2D eigenvalue weighted by Gasteiger charge is 2.45. The van der Waals surface area contributed by atoms with Gasteiger partial charge in [0.1, 0.15) is 0 Å². The smallest absolute Gasteiger partial charge is 0.0942 e. The molecule has 1 heterocycles. The second kappa shape index (κ2) is 2.98. The molecular weight excluding hydrogens is 156 g/mol. The van der Waals surface area contributed by atoms with Gasteiger partial charge in [-0.15, -0.1) is 0 Å². The van der Waals surface area contributed by atoms with E-state index in [1.807, 2.05) is 0 Å². The molecule has 1 aliphatic carbocycles. The molecule has 2 atom stereocenters. The summed E-state index contributed by atoms with van der Waals surface area (Å²) in [6, 6.07) is 0. The molecule has 3 heteroatoms. The van der Waals surface area contributed by atoms with Gasteiger partial charge in [-0.25, -0.2) is 0 Å². The molecule has 2 N–H and O–H groups in total. The molecule has 0 bridgehead atoms. The lowest BCUT2D eigenvalue weighted by molar-refractivity contribution is -0.184. The fourth-order valence-corrected chi connectivity index (χ4v) is 2.35. The van der Waals surface area contributed by atoms with Gasteiger partial charge >= 0.3 is 0 Å². The molecule has 12 heavy (non-hydrogen) atoms. The molecule has 70 valence electrons. The zero-order valence-electron chi connectivity index (χ0n) is 7.20. The second-order valence-electron chi connectivity index (χ2n) is 3.99. The fraction of sp³-hybridized carbons (Fsp3) is 1.00. The summed E-state index contributed by atoms with van der Waals surface area (Å²) < 4.78 is 5.55. The Morgan fingerprint density at radius 1 is 1.17 bits per heavy atom. The predicted octanol–water partition coefficient (Wildman–Crippen LogP) is 0.441. The van der Waals surface area contributed by atoms with E-state index in [0.29, 0.717) is 13.0 Å². The highest BCUT2D eigenvalue weighted by molar-refractivity contribution is 4.96. The van der Waals surface area contributed by atoms with Gasteiger partial charge in [0.2, 0.25) is 0 Å². The van der Waals surface area contributed by atoms with Crippen molar-refractivity contribution in [1.29, 1.82) is 0 Å². The van der Waals surface area contributed by atoms with Crippen LogP contribution < -0.4 is 0 Å². The second-order valence-corrected chi connectivity index (χ2v) is 3.99. The molecule has 0 aromatic carbocycles. The number of hydrogen-bond donors (Lipinski definition) is 2. The molecule has 2 fully saturated rings. The number of aliphatic hydroxyl groups excluding tert-OH is 2. The summed E-state index contributed by atoms with van der Waals surface area (Å²) in [5.74, 6) is 0. The van der Waals surface area contributed by atoms with E-state index < -0.39 is 12.2 Å². The van der Waals surface area contributed by atoms with Crippen LogP contribution in [0.15, 0.2) is 0 Å². The molecule has 0 radical (unpaired) electrons. The minimum atomic E-state index is -0.466. The van der Waals surface area contributed by atoms with E-state index in [4.69, 9.17) is 4.74 Å². The van der Waals surface area contributed by atoms with Gasteiger partial charge in [-0.1, -0.05) is 12.8 Å². The van der Waals surface area contributed by atoms with Crippen molar-refractivity contribution in [2.24, 2.45) is 0 Å². The summed E-state index contributed by atoms with van der Waals surface area (Å²) in [7, 11) is 0. The third-order valence-corrected chi connectivity index (χ3v) is 3.12. The van der Waals surface area contributed by atoms with Gasteiger partial charge < -0.3 is 14.9 Å². The number of ether oxygens (including phenoxy) is 1. The van der Waals surface area contributed by atoms with Crippen LogP contribution in [0.25, 0.3) is 0 Å². The van der Waals surface area contributed by atoms with Gasteiger partial charge in [0.05, 0.1) is 24.4 Å². The van der Waals surface area contributed by atoms with Crippen molar-refractivity contribution in [3.63, 3.8) is 0 Å². The Balaban J connectivity index is 2.05. The van der Waals surface area contributed by atoms with Gasteiger partial charge in [0.25, 0.3) is 0 Å². The maximum absolute atomic E-state index is 9.74. The van der Waals surface area contributed by atoms with Crippen LogP contribution >= 0.6 is 0 Å². The van der Waals surface area contributed by atoms with Crippen molar-refractivity contribution in [1.82, 2.24) is 0 Å². The third-order valence-electron chi connectivity index (χ3n) is 3.12. The van der Waals surface area contributed by atoms with Crippen molar-refractivity contribution in [3.8, 4) is 0 Å². The van der Waals surface area contributed by atoms with Crippen molar-refractivity contribution in [2.75, 3.05) is 6.61 Å². The molecule has 1 aliphatic heterocycles. The minimum Gasteiger partial charge on any atom is -0.391 e. The minimum absolute atomic E-state index is 0.292. The molecule has 1 spiro atoms. The summed E-state index contributed by atoms with van der Waals surface area (Å²) in [5, 5.41) is 19.0. The Bertz CT molecular complexity index is 163. The molecule has 2 unspecified atom stereocenters. The van der Waals surface area contributed by atoms with Crippen molar-refractivity contribution >= 4 is 0 Å². The lowest BCUT2D eigenvalue weighted by atomic mass is 9.88. The van der Waals surface area contributed by atoms with E-state index in [1.54, 1.807) is 0 Å². The molecule has 0 aromatic rings. The van der Waals surface area contributed by atoms with Crippen LogP contribution in [0.3, 0.4) is 0 Å². The van der Waals surface area contributed by atoms with Crippen LogP contribution in [0.5, 0.6) is 0 Å². The monoisotopic (exact) mass is 172 g/mol. The summed E-state index contributed by atoms with van der Waals surface area (Å²) in [6.45, 7) is 0.400. The third kappa shape index (κ3) is 1.26. The van der Waals surface area contributed by atoms with Crippen molar-refractivity contribution in [2.45, 2.75) is 49.9 Å². The number of rotatable bonds is 0. The lowest BCUT2D eigenvalue weighted by Gasteiger charge is -2.40. The first-order valence-electron chi connectivity index (χ1n) is 4.73. The molecular formula is C9H16O3. The summed E-state index contributed by atoms with van der Waals surface area (Å²) >= 11 is 0. The quantitative estimate of drug-likeness (QED) is 0.557. The molecule has 3 nitrogen and oxygen atoms in total. The van der Waals surface area contributed by atoms with E-state index in [9.17, 15) is 10.2 Å². The Labute approximate surface area is 72.3 Å². The first kappa shape index (κ1) is 8.48. The van der Waals surface area contributed by atoms with Gasteiger partial charge in [0, 0.05) is 6.42 Å². The topological polar surface area (TPSA) is 49.7 Å². The Hall–Kier alpha value is -0.120. The highest BCUT2D eigenvalue weighted by Crippen LogP contribution is 2.40. The molecule has 2 aliphatic rings. The summed E-state index contributed by atoms with van der Waals surface area (Å²) in [5.41, 5.74) is -0.292. The van der Waals surface area contributed by atoms with Crippen LogP contribution in [0.1, 0.15) is 32.1 Å². The average molecular weight is 172 g/mol. The number of hydrogen-bond acceptors (Lipinski definition) is 3. The fourth-order valence-electron chi connectivity index (χ4n) is 2.35. The van der Waals surface area contributed by atoms with Gasteiger partial charge in [-0.05, 0) is 12.8 Å². The average Bonchev–Trinajstić information content (AvgIpc) is 2.48. The normalized spacial score (nSPS) is 40.5. The zero-order valence-corrected chi connectivity index (χ0v) is 7.20. The first-order chi connectivity index (χ1) is 5.73. The molecule has 2 rings (SSSR count). The predicted molar refractivity (Wildman–Crippen MR) is 43.8 cm³/mol. The zero-order chi connectivity index (χ0) is 8.60. The Kier molecular flexibility index (Phi) is 2.10. The molecule has 0 amide bonds. The molecule has 0 aromatic heterocycles. The molecule has 1 saturated heterocycles. The van der Waals surface area contributed by atoms with Gasteiger partial charge in [-0.3, -0.25) is 0 Å². The molecule has 1 saturated carbocycles. The van der Waals surface area contributed by atoms with E-state index in [2.05, 4.69) is 0 Å². The maximum atomic E-state index is 9.74. The van der Waals surface area contributed by atoms with E-state index in [0.717, 1.165) is 25.7 Å². The SMILES string of the molecule is OC1COC2(CCCC2)C(O)C1.